The zero-order valence-electron chi connectivity index (χ0n) is 7.26. The van der Waals surface area contributed by atoms with Gasteiger partial charge in [-0.1, -0.05) is 6.92 Å². The highest BCUT2D eigenvalue weighted by atomic mass is 16.3. The molecule has 2 heteroatoms. The van der Waals surface area contributed by atoms with E-state index in [4.69, 9.17) is 0 Å². The van der Waals surface area contributed by atoms with Crippen LogP contribution in [0.3, 0.4) is 0 Å². The van der Waals surface area contributed by atoms with Crippen molar-refractivity contribution in [2.24, 2.45) is 5.92 Å². The standard InChI is InChI=1S/C8H17NO/c1-6-7(2)9(4)5-8(6,3)10/h6-7,10H,5H2,1-4H3. The van der Waals surface area contributed by atoms with Gasteiger partial charge in [0, 0.05) is 18.5 Å². The van der Waals surface area contributed by atoms with Gasteiger partial charge in [0.05, 0.1) is 5.60 Å². The third-order valence-electron chi connectivity index (χ3n) is 2.97. The molecule has 3 unspecified atom stereocenters. The van der Waals surface area contributed by atoms with Crippen LogP contribution in [0.25, 0.3) is 0 Å². The maximum Gasteiger partial charge on any atom is 0.0786 e. The van der Waals surface area contributed by atoms with E-state index in [1.807, 2.05) is 6.92 Å². The summed E-state index contributed by atoms with van der Waals surface area (Å²) in [6.45, 7) is 6.98. The van der Waals surface area contributed by atoms with Gasteiger partial charge in [-0.05, 0) is 20.9 Å². The van der Waals surface area contributed by atoms with Crippen LogP contribution in [-0.2, 0) is 0 Å². The number of aliphatic hydroxyl groups is 1. The van der Waals surface area contributed by atoms with Crippen molar-refractivity contribution in [1.82, 2.24) is 4.90 Å². The molecular formula is C8H17NO. The molecule has 1 rings (SSSR count). The van der Waals surface area contributed by atoms with Crippen molar-refractivity contribution in [2.75, 3.05) is 13.6 Å². The van der Waals surface area contributed by atoms with Crippen LogP contribution in [0.15, 0.2) is 0 Å². The van der Waals surface area contributed by atoms with E-state index in [1.54, 1.807) is 0 Å². The number of rotatable bonds is 0. The molecule has 3 atom stereocenters. The molecule has 0 aromatic carbocycles. The zero-order valence-corrected chi connectivity index (χ0v) is 7.26. The summed E-state index contributed by atoms with van der Waals surface area (Å²) in [4.78, 5) is 2.20. The molecule has 0 aliphatic carbocycles. The van der Waals surface area contributed by atoms with E-state index in [0.29, 0.717) is 12.0 Å². The monoisotopic (exact) mass is 143 g/mol. The summed E-state index contributed by atoms with van der Waals surface area (Å²) in [7, 11) is 2.06. The van der Waals surface area contributed by atoms with E-state index >= 15 is 0 Å². The number of hydrogen-bond acceptors (Lipinski definition) is 2. The summed E-state index contributed by atoms with van der Waals surface area (Å²) in [6, 6.07) is 0.509. The Morgan fingerprint density at radius 2 is 2.00 bits per heavy atom. The van der Waals surface area contributed by atoms with Gasteiger partial charge in [-0.3, -0.25) is 0 Å². The van der Waals surface area contributed by atoms with Crippen LogP contribution < -0.4 is 0 Å². The van der Waals surface area contributed by atoms with Crippen molar-refractivity contribution in [3.8, 4) is 0 Å². The van der Waals surface area contributed by atoms with Gasteiger partial charge in [-0.2, -0.15) is 0 Å². The highest BCUT2D eigenvalue weighted by Crippen LogP contribution is 2.30. The summed E-state index contributed by atoms with van der Waals surface area (Å²) in [5, 5.41) is 9.76. The summed E-state index contributed by atoms with van der Waals surface area (Å²) < 4.78 is 0. The normalized spacial score (nSPS) is 50.1. The molecule has 0 amide bonds. The molecule has 1 aliphatic heterocycles. The van der Waals surface area contributed by atoms with Gasteiger partial charge in [0.1, 0.15) is 0 Å². The molecule has 10 heavy (non-hydrogen) atoms. The molecule has 0 aromatic rings. The van der Waals surface area contributed by atoms with Gasteiger partial charge in [0.25, 0.3) is 0 Å². The van der Waals surface area contributed by atoms with Crippen LogP contribution in [0.5, 0.6) is 0 Å². The zero-order chi connectivity index (χ0) is 7.94. The second kappa shape index (κ2) is 2.21. The molecule has 1 aliphatic rings. The molecule has 60 valence electrons. The molecule has 1 saturated heterocycles. The molecule has 0 saturated carbocycles. The fourth-order valence-corrected chi connectivity index (χ4v) is 1.69. The van der Waals surface area contributed by atoms with Gasteiger partial charge < -0.3 is 10.0 Å². The van der Waals surface area contributed by atoms with Gasteiger partial charge in [0.2, 0.25) is 0 Å². The van der Waals surface area contributed by atoms with E-state index in [9.17, 15) is 5.11 Å². The summed E-state index contributed by atoms with van der Waals surface area (Å²) >= 11 is 0. The Morgan fingerprint density at radius 3 is 2.10 bits per heavy atom. The lowest BCUT2D eigenvalue weighted by Gasteiger charge is -2.22. The maximum absolute atomic E-state index is 9.76. The first kappa shape index (κ1) is 8.02. The first-order chi connectivity index (χ1) is 4.45. The number of likely N-dealkylation sites (tertiary alicyclic amines) is 1. The minimum atomic E-state index is -0.478. The van der Waals surface area contributed by atoms with E-state index in [-0.39, 0.29) is 0 Å². The minimum Gasteiger partial charge on any atom is -0.389 e. The van der Waals surface area contributed by atoms with Gasteiger partial charge in [-0.25, -0.2) is 0 Å². The van der Waals surface area contributed by atoms with Crippen LogP contribution in [0.1, 0.15) is 20.8 Å². The number of nitrogens with zero attached hydrogens (tertiary/aromatic N) is 1. The molecular weight excluding hydrogens is 126 g/mol. The molecule has 0 aromatic heterocycles. The van der Waals surface area contributed by atoms with Gasteiger partial charge in [-0.15, -0.1) is 0 Å². The molecule has 1 fully saturated rings. The summed E-state index contributed by atoms with van der Waals surface area (Å²) in [5.74, 6) is 0.387. The quantitative estimate of drug-likeness (QED) is 0.540. The predicted octanol–water partition coefficient (Wildman–Crippen LogP) is 0.707. The van der Waals surface area contributed by atoms with Crippen molar-refractivity contribution in [3.63, 3.8) is 0 Å². The topological polar surface area (TPSA) is 23.5 Å². The lowest BCUT2D eigenvalue weighted by molar-refractivity contribution is 0.0355. The predicted molar refractivity (Wildman–Crippen MR) is 41.9 cm³/mol. The Hall–Kier alpha value is -0.0800. The van der Waals surface area contributed by atoms with Crippen LogP contribution in [0.4, 0.5) is 0 Å². The van der Waals surface area contributed by atoms with E-state index in [2.05, 4.69) is 25.8 Å². The second-order valence-electron chi connectivity index (χ2n) is 3.80. The van der Waals surface area contributed by atoms with Crippen LogP contribution >= 0.6 is 0 Å². The second-order valence-corrected chi connectivity index (χ2v) is 3.80. The van der Waals surface area contributed by atoms with E-state index in [0.717, 1.165) is 6.54 Å². The Kier molecular flexibility index (Phi) is 1.77. The van der Waals surface area contributed by atoms with Crippen LogP contribution in [0.2, 0.25) is 0 Å². The fourth-order valence-electron chi connectivity index (χ4n) is 1.69. The SMILES string of the molecule is CC1C(C)C(C)(O)CN1C. The third-order valence-corrected chi connectivity index (χ3v) is 2.97. The molecule has 0 radical (unpaired) electrons. The summed E-state index contributed by atoms with van der Waals surface area (Å²) in [5.41, 5.74) is -0.478. The molecule has 0 spiro atoms. The molecule has 0 bridgehead atoms. The average molecular weight is 143 g/mol. The maximum atomic E-state index is 9.76. The van der Waals surface area contributed by atoms with Crippen molar-refractivity contribution in [1.29, 1.82) is 0 Å². The van der Waals surface area contributed by atoms with Gasteiger partial charge >= 0.3 is 0 Å². The highest BCUT2D eigenvalue weighted by molar-refractivity contribution is 4.95. The first-order valence-corrected chi connectivity index (χ1v) is 3.88. The van der Waals surface area contributed by atoms with Crippen LogP contribution in [-0.4, -0.2) is 35.2 Å². The summed E-state index contributed by atoms with van der Waals surface area (Å²) in [6.07, 6.45) is 0. The Labute approximate surface area is 62.8 Å². The Bertz CT molecular complexity index is 133. The Balaban J connectivity index is 2.71. The lowest BCUT2D eigenvalue weighted by Crippen LogP contribution is -2.32. The van der Waals surface area contributed by atoms with Gasteiger partial charge in [0.15, 0.2) is 0 Å². The minimum absolute atomic E-state index is 0.387. The van der Waals surface area contributed by atoms with E-state index in [1.165, 1.54) is 0 Å². The smallest absolute Gasteiger partial charge is 0.0786 e. The Morgan fingerprint density at radius 1 is 1.50 bits per heavy atom. The number of hydrogen-bond donors (Lipinski definition) is 1. The van der Waals surface area contributed by atoms with E-state index < -0.39 is 5.60 Å². The van der Waals surface area contributed by atoms with Crippen LogP contribution in [0, 0.1) is 5.92 Å². The third kappa shape index (κ3) is 1.06. The molecule has 2 nitrogen and oxygen atoms in total. The number of likely N-dealkylation sites (N-methyl/N-ethyl adjacent to an activating group) is 1. The molecule has 1 heterocycles. The van der Waals surface area contributed by atoms with Crippen molar-refractivity contribution < 1.29 is 5.11 Å². The highest BCUT2D eigenvalue weighted by Gasteiger charge is 2.41. The number of β-amino-alcohol motifs (C(OH)–C–C–N with tert-alkyl or cyclic N) is 1. The first-order valence-electron chi connectivity index (χ1n) is 3.88. The van der Waals surface area contributed by atoms with Crippen molar-refractivity contribution in [3.05, 3.63) is 0 Å². The lowest BCUT2D eigenvalue weighted by atomic mass is 9.91. The molecule has 1 N–H and O–H groups in total. The van der Waals surface area contributed by atoms with Crippen molar-refractivity contribution >= 4 is 0 Å². The van der Waals surface area contributed by atoms with Crippen molar-refractivity contribution in [2.45, 2.75) is 32.4 Å². The largest absolute Gasteiger partial charge is 0.389 e. The fraction of sp³-hybridized carbons (Fsp3) is 1.00. The average Bonchev–Trinajstić information content (AvgIpc) is 1.95.